The number of benzene rings is 2. The fraction of sp³-hybridized carbons (Fsp3) is 0.318. The molecule has 0 spiro atoms. The molecule has 1 aromatic heterocycles. The predicted molar refractivity (Wildman–Crippen MR) is 117 cm³/mol. The molecule has 1 unspecified atom stereocenters. The molecule has 0 bridgehead atoms. The van der Waals surface area contributed by atoms with E-state index in [1.165, 1.54) is 0 Å². The topological polar surface area (TPSA) is 80.5 Å². The number of piperidine rings is 1. The first-order valence-corrected chi connectivity index (χ1v) is 10.7. The minimum absolute atomic E-state index is 0.0326. The zero-order valence-corrected chi connectivity index (χ0v) is 18.3. The van der Waals surface area contributed by atoms with E-state index >= 15 is 0 Å². The molecule has 0 aliphatic carbocycles. The highest BCUT2D eigenvalue weighted by atomic mass is 79.9. The van der Waals surface area contributed by atoms with Gasteiger partial charge in [0.2, 0.25) is 17.6 Å². The largest absolute Gasteiger partial charge is 0.497 e. The molecule has 8 heteroatoms. The second-order valence-corrected chi connectivity index (χ2v) is 8.23. The van der Waals surface area contributed by atoms with Gasteiger partial charge < -0.3 is 14.6 Å². The fourth-order valence-corrected chi connectivity index (χ4v) is 3.99. The minimum Gasteiger partial charge on any atom is -0.497 e. The van der Waals surface area contributed by atoms with Gasteiger partial charge in [0.15, 0.2) is 0 Å². The molecule has 3 aromatic rings. The maximum atomic E-state index is 12.7. The van der Waals surface area contributed by atoms with Crippen LogP contribution in [0.5, 0.6) is 5.75 Å². The molecule has 2 heterocycles. The lowest BCUT2D eigenvalue weighted by Crippen LogP contribution is -2.40. The molecule has 1 N–H and O–H groups in total. The third-order valence-corrected chi connectivity index (χ3v) is 5.64. The van der Waals surface area contributed by atoms with Crippen molar-refractivity contribution in [3.05, 3.63) is 58.9 Å². The molecular formula is C22H23BrN4O3. The number of amides is 1. The Morgan fingerprint density at radius 2 is 2.13 bits per heavy atom. The van der Waals surface area contributed by atoms with Crippen molar-refractivity contribution in [2.75, 3.05) is 25.5 Å². The van der Waals surface area contributed by atoms with Crippen LogP contribution in [-0.2, 0) is 11.3 Å². The van der Waals surface area contributed by atoms with Crippen molar-refractivity contribution in [2.24, 2.45) is 5.92 Å². The molecule has 1 saturated heterocycles. The maximum Gasteiger partial charge on any atom is 0.241 e. The Bertz CT molecular complexity index is 1010. The standard InChI is InChI=1S/C22H23BrN4O3/c1-29-19-9-7-18(8-10-19)24-22(28)16-5-3-11-27(13-16)14-20-25-21(26-30-20)15-4-2-6-17(23)12-15/h2,4,6-10,12,16H,3,5,11,13-14H2,1H3,(H,24,28). The number of carbonyl (C=O) groups is 1. The third kappa shape index (κ3) is 5.06. The van der Waals surface area contributed by atoms with Crippen LogP contribution in [0, 0.1) is 5.92 Å². The van der Waals surface area contributed by atoms with Gasteiger partial charge >= 0.3 is 0 Å². The second kappa shape index (κ2) is 9.40. The number of rotatable bonds is 6. The van der Waals surface area contributed by atoms with Crippen molar-refractivity contribution in [1.29, 1.82) is 0 Å². The average molecular weight is 471 g/mol. The van der Waals surface area contributed by atoms with Gasteiger partial charge in [-0.1, -0.05) is 33.2 Å². The highest BCUT2D eigenvalue weighted by molar-refractivity contribution is 9.10. The Labute approximate surface area is 183 Å². The lowest BCUT2D eigenvalue weighted by Gasteiger charge is -2.30. The van der Waals surface area contributed by atoms with Gasteiger partial charge in [-0.25, -0.2) is 0 Å². The summed E-state index contributed by atoms with van der Waals surface area (Å²) in [5.74, 6) is 1.84. The first-order valence-electron chi connectivity index (χ1n) is 9.86. The van der Waals surface area contributed by atoms with Crippen molar-refractivity contribution >= 4 is 27.5 Å². The SMILES string of the molecule is COc1ccc(NC(=O)C2CCCN(Cc3nc(-c4cccc(Br)c4)no3)C2)cc1. The van der Waals surface area contributed by atoms with E-state index in [4.69, 9.17) is 9.26 Å². The fourth-order valence-electron chi connectivity index (χ4n) is 3.59. The molecule has 7 nitrogen and oxygen atoms in total. The van der Waals surface area contributed by atoms with E-state index < -0.39 is 0 Å². The van der Waals surface area contributed by atoms with Gasteiger partial charge in [0.1, 0.15) is 5.75 Å². The number of nitrogens with zero attached hydrogens (tertiary/aromatic N) is 3. The zero-order chi connectivity index (χ0) is 20.9. The Hall–Kier alpha value is -2.71. The number of ether oxygens (including phenoxy) is 1. The Kier molecular flexibility index (Phi) is 6.44. The molecule has 0 radical (unpaired) electrons. The van der Waals surface area contributed by atoms with Gasteiger partial charge in [-0.3, -0.25) is 9.69 Å². The molecule has 1 fully saturated rings. The highest BCUT2D eigenvalue weighted by Crippen LogP contribution is 2.23. The Balaban J connectivity index is 1.35. The number of aromatic nitrogens is 2. The van der Waals surface area contributed by atoms with Crippen LogP contribution in [0.15, 0.2) is 57.5 Å². The lowest BCUT2D eigenvalue weighted by atomic mass is 9.97. The first-order chi connectivity index (χ1) is 14.6. The molecule has 0 saturated carbocycles. The maximum absolute atomic E-state index is 12.7. The smallest absolute Gasteiger partial charge is 0.241 e. The van der Waals surface area contributed by atoms with E-state index in [1.54, 1.807) is 7.11 Å². The zero-order valence-electron chi connectivity index (χ0n) is 16.7. The van der Waals surface area contributed by atoms with Crippen LogP contribution < -0.4 is 10.1 Å². The number of anilines is 1. The molecular weight excluding hydrogens is 448 g/mol. The number of hydrogen-bond acceptors (Lipinski definition) is 6. The number of nitrogens with one attached hydrogen (secondary N) is 1. The summed E-state index contributed by atoms with van der Waals surface area (Å²) in [6.07, 6.45) is 1.82. The summed E-state index contributed by atoms with van der Waals surface area (Å²) in [6, 6.07) is 15.2. The van der Waals surface area contributed by atoms with Gasteiger partial charge in [-0.05, 0) is 55.8 Å². The summed E-state index contributed by atoms with van der Waals surface area (Å²) < 4.78 is 11.6. The van der Waals surface area contributed by atoms with Crippen LogP contribution in [0.2, 0.25) is 0 Å². The summed E-state index contributed by atoms with van der Waals surface area (Å²) in [5.41, 5.74) is 1.67. The summed E-state index contributed by atoms with van der Waals surface area (Å²) in [4.78, 5) is 19.4. The number of methoxy groups -OCH3 is 1. The molecule has 30 heavy (non-hydrogen) atoms. The highest BCUT2D eigenvalue weighted by Gasteiger charge is 2.27. The molecule has 1 aliphatic heterocycles. The molecule has 1 atom stereocenters. The normalized spacial score (nSPS) is 16.9. The van der Waals surface area contributed by atoms with E-state index in [0.29, 0.717) is 24.8 Å². The van der Waals surface area contributed by atoms with Crippen molar-refractivity contribution in [3.8, 4) is 17.1 Å². The monoisotopic (exact) mass is 470 g/mol. The molecule has 1 amide bonds. The first kappa shape index (κ1) is 20.6. The van der Waals surface area contributed by atoms with E-state index in [2.05, 4.69) is 36.3 Å². The molecule has 4 rings (SSSR count). The van der Waals surface area contributed by atoms with E-state index in [1.807, 2.05) is 48.5 Å². The van der Waals surface area contributed by atoms with Crippen molar-refractivity contribution in [1.82, 2.24) is 15.0 Å². The summed E-state index contributed by atoms with van der Waals surface area (Å²) in [7, 11) is 1.62. The van der Waals surface area contributed by atoms with Crippen molar-refractivity contribution in [3.63, 3.8) is 0 Å². The quantitative estimate of drug-likeness (QED) is 0.576. The number of likely N-dealkylation sites (tertiary alicyclic amines) is 1. The van der Waals surface area contributed by atoms with Crippen LogP contribution in [0.3, 0.4) is 0 Å². The van der Waals surface area contributed by atoms with E-state index in [-0.39, 0.29) is 11.8 Å². The summed E-state index contributed by atoms with van der Waals surface area (Å²) in [6.45, 7) is 2.10. The van der Waals surface area contributed by atoms with Gasteiger partial charge in [0.05, 0.1) is 19.6 Å². The molecule has 1 aliphatic rings. The van der Waals surface area contributed by atoms with Gasteiger partial charge in [-0.15, -0.1) is 0 Å². The van der Waals surface area contributed by atoms with Crippen LogP contribution in [0.1, 0.15) is 18.7 Å². The average Bonchev–Trinajstić information content (AvgIpc) is 3.23. The third-order valence-electron chi connectivity index (χ3n) is 5.14. The summed E-state index contributed by atoms with van der Waals surface area (Å²) in [5, 5.41) is 7.10. The van der Waals surface area contributed by atoms with Gasteiger partial charge in [-0.2, -0.15) is 4.98 Å². The predicted octanol–water partition coefficient (Wildman–Crippen LogP) is 4.36. The number of halogens is 1. The van der Waals surface area contributed by atoms with Crippen LogP contribution >= 0.6 is 15.9 Å². The van der Waals surface area contributed by atoms with Crippen LogP contribution in [0.25, 0.3) is 11.4 Å². The van der Waals surface area contributed by atoms with Crippen LogP contribution in [0.4, 0.5) is 5.69 Å². The van der Waals surface area contributed by atoms with Crippen molar-refractivity contribution < 1.29 is 14.1 Å². The molecule has 2 aromatic carbocycles. The van der Waals surface area contributed by atoms with E-state index in [0.717, 1.165) is 40.9 Å². The number of hydrogen-bond donors (Lipinski definition) is 1. The van der Waals surface area contributed by atoms with Gasteiger partial charge in [0.25, 0.3) is 0 Å². The number of carbonyl (C=O) groups excluding carboxylic acids is 1. The van der Waals surface area contributed by atoms with E-state index in [9.17, 15) is 4.79 Å². The van der Waals surface area contributed by atoms with Crippen LogP contribution in [-0.4, -0.2) is 41.1 Å². The Morgan fingerprint density at radius 3 is 2.90 bits per heavy atom. The minimum atomic E-state index is -0.0756. The molecule has 156 valence electrons. The Morgan fingerprint density at radius 1 is 1.30 bits per heavy atom. The summed E-state index contributed by atoms with van der Waals surface area (Å²) >= 11 is 3.46. The second-order valence-electron chi connectivity index (χ2n) is 7.31. The lowest BCUT2D eigenvalue weighted by molar-refractivity contribution is -0.121. The van der Waals surface area contributed by atoms with Gasteiger partial charge in [0, 0.05) is 22.3 Å². The van der Waals surface area contributed by atoms with Crippen molar-refractivity contribution in [2.45, 2.75) is 19.4 Å².